The van der Waals surface area contributed by atoms with Crippen molar-refractivity contribution >= 4 is 23.2 Å². The number of anilines is 1. The molecule has 118 valence electrons. The number of carbonyl (C=O) groups is 1. The van der Waals surface area contributed by atoms with Gasteiger partial charge in [0.25, 0.3) is 0 Å². The minimum atomic E-state index is 0.0386. The Morgan fingerprint density at radius 2 is 1.75 bits per heavy atom. The van der Waals surface area contributed by atoms with Gasteiger partial charge in [0.1, 0.15) is 5.82 Å². The third-order valence-corrected chi connectivity index (χ3v) is 4.30. The summed E-state index contributed by atoms with van der Waals surface area (Å²) in [6, 6.07) is 13.6. The first kappa shape index (κ1) is 14.8. The van der Waals surface area contributed by atoms with Crippen LogP contribution in [0, 0.1) is 0 Å². The van der Waals surface area contributed by atoms with E-state index in [2.05, 4.69) is 15.3 Å². The number of hydrogen-bond acceptors (Lipinski definition) is 3. The van der Waals surface area contributed by atoms with Crippen molar-refractivity contribution in [3.05, 3.63) is 76.8 Å². The lowest BCUT2D eigenvalue weighted by molar-refractivity contribution is -0.115. The first-order valence-electron chi connectivity index (χ1n) is 7.66. The lowest BCUT2D eigenvalue weighted by Gasteiger charge is -2.05. The SMILES string of the molecule is O=C1Cc2cc(-c3cnc(Cc4ccc(Cl)cc4)nc3)ccc2N1. The highest BCUT2D eigenvalue weighted by Gasteiger charge is 2.17. The zero-order valence-corrected chi connectivity index (χ0v) is 13.5. The Morgan fingerprint density at radius 1 is 1.00 bits per heavy atom. The summed E-state index contributed by atoms with van der Waals surface area (Å²) >= 11 is 5.90. The van der Waals surface area contributed by atoms with Crippen LogP contribution in [0.15, 0.2) is 54.9 Å². The van der Waals surface area contributed by atoms with E-state index in [0.29, 0.717) is 12.8 Å². The second-order valence-electron chi connectivity index (χ2n) is 5.79. The molecular weight excluding hydrogens is 322 g/mol. The number of carbonyl (C=O) groups excluding carboxylic acids is 1. The summed E-state index contributed by atoms with van der Waals surface area (Å²) in [6.07, 6.45) is 4.74. The van der Waals surface area contributed by atoms with E-state index in [1.807, 2.05) is 54.9 Å². The first-order chi connectivity index (χ1) is 11.7. The highest BCUT2D eigenvalue weighted by atomic mass is 35.5. The molecule has 1 amide bonds. The van der Waals surface area contributed by atoms with Crippen LogP contribution in [0.25, 0.3) is 11.1 Å². The van der Waals surface area contributed by atoms with Crippen LogP contribution < -0.4 is 5.32 Å². The molecule has 0 atom stereocenters. The topological polar surface area (TPSA) is 54.9 Å². The van der Waals surface area contributed by atoms with Gasteiger partial charge in [0.2, 0.25) is 5.91 Å². The van der Waals surface area contributed by atoms with Crippen molar-refractivity contribution in [2.45, 2.75) is 12.8 Å². The predicted molar refractivity (Wildman–Crippen MR) is 94.1 cm³/mol. The highest BCUT2D eigenvalue weighted by molar-refractivity contribution is 6.30. The second kappa shape index (κ2) is 6.06. The number of amides is 1. The molecule has 5 heteroatoms. The van der Waals surface area contributed by atoms with Crippen molar-refractivity contribution in [2.24, 2.45) is 0 Å². The predicted octanol–water partition coefficient (Wildman–Crippen LogP) is 3.88. The molecule has 1 aliphatic heterocycles. The van der Waals surface area contributed by atoms with E-state index >= 15 is 0 Å². The van der Waals surface area contributed by atoms with Crippen molar-refractivity contribution in [2.75, 3.05) is 5.32 Å². The summed E-state index contributed by atoms with van der Waals surface area (Å²) in [5, 5.41) is 3.56. The molecule has 0 spiro atoms. The van der Waals surface area contributed by atoms with Crippen molar-refractivity contribution in [1.29, 1.82) is 0 Å². The van der Waals surface area contributed by atoms with Gasteiger partial charge < -0.3 is 5.32 Å². The fourth-order valence-corrected chi connectivity index (χ4v) is 2.91. The van der Waals surface area contributed by atoms with Gasteiger partial charge in [-0.3, -0.25) is 4.79 Å². The van der Waals surface area contributed by atoms with Crippen LogP contribution in [0.1, 0.15) is 17.0 Å². The lowest BCUT2D eigenvalue weighted by atomic mass is 10.0. The summed E-state index contributed by atoms with van der Waals surface area (Å²) in [7, 11) is 0. The standard InChI is InChI=1S/C19H14ClN3O/c20-16-4-1-12(2-5-16)7-18-21-10-15(11-22-18)13-3-6-17-14(8-13)9-19(24)23-17/h1-6,8,10-11H,7,9H2,(H,23,24). The number of benzene rings is 2. The zero-order chi connectivity index (χ0) is 16.5. The molecule has 3 aromatic rings. The molecule has 0 unspecified atom stereocenters. The zero-order valence-electron chi connectivity index (χ0n) is 12.8. The van der Waals surface area contributed by atoms with Gasteiger partial charge in [0, 0.05) is 35.1 Å². The van der Waals surface area contributed by atoms with E-state index in [4.69, 9.17) is 11.6 Å². The minimum Gasteiger partial charge on any atom is -0.326 e. The fourth-order valence-electron chi connectivity index (χ4n) is 2.79. The molecule has 24 heavy (non-hydrogen) atoms. The molecule has 1 aromatic heterocycles. The van der Waals surface area contributed by atoms with Crippen LogP contribution in [0.3, 0.4) is 0 Å². The molecule has 4 rings (SSSR count). The molecule has 4 nitrogen and oxygen atoms in total. The van der Waals surface area contributed by atoms with Gasteiger partial charge in [0.15, 0.2) is 0 Å². The minimum absolute atomic E-state index is 0.0386. The molecule has 0 aliphatic carbocycles. The third kappa shape index (κ3) is 3.01. The van der Waals surface area contributed by atoms with Crippen molar-refractivity contribution < 1.29 is 4.79 Å². The van der Waals surface area contributed by atoms with Gasteiger partial charge in [-0.2, -0.15) is 0 Å². The maximum absolute atomic E-state index is 11.4. The Hall–Kier alpha value is -2.72. The molecule has 1 aliphatic rings. The number of fused-ring (bicyclic) bond motifs is 1. The number of hydrogen-bond donors (Lipinski definition) is 1. The Bertz CT molecular complexity index is 905. The second-order valence-corrected chi connectivity index (χ2v) is 6.22. The van der Waals surface area contributed by atoms with Crippen molar-refractivity contribution in [3.8, 4) is 11.1 Å². The summed E-state index contributed by atoms with van der Waals surface area (Å²) in [5.41, 5.74) is 4.99. The Morgan fingerprint density at radius 3 is 2.50 bits per heavy atom. The Kier molecular flexibility index (Phi) is 3.75. The van der Waals surface area contributed by atoms with Crippen LogP contribution >= 0.6 is 11.6 Å². The lowest BCUT2D eigenvalue weighted by Crippen LogP contribution is -2.03. The molecule has 0 saturated heterocycles. The van der Waals surface area contributed by atoms with Crippen LogP contribution in [0.4, 0.5) is 5.69 Å². The number of aromatic nitrogens is 2. The Balaban J connectivity index is 1.55. The largest absolute Gasteiger partial charge is 0.326 e. The summed E-state index contributed by atoms with van der Waals surface area (Å²) in [4.78, 5) is 20.4. The van der Waals surface area contributed by atoms with Crippen LogP contribution in [-0.2, 0) is 17.6 Å². The van der Waals surface area contributed by atoms with Crippen LogP contribution in [-0.4, -0.2) is 15.9 Å². The van der Waals surface area contributed by atoms with Gasteiger partial charge in [-0.05, 0) is 41.0 Å². The molecule has 0 radical (unpaired) electrons. The highest BCUT2D eigenvalue weighted by Crippen LogP contribution is 2.28. The molecule has 0 fully saturated rings. The van der Waals surface area contributed by atoms with Crippen molar-refractivity contribution in [1.82, 2.24) is 9.97 Å². The Labute approximate surface area is 144 Å². The van der Waals surface area contributed by atoms with Crippen LogP contribution in [0.5, 0.6) is 0 Å². The maximum atomic E-state index is 11.4. The summed E-state index contributed by atoms with van der Waals surface area (Å²) in [5.74, 6) is 0.802. The number of halogens is 1. The fraction of sp³-hybridized carbons (Fsp3) is 0.105. The molecule has 2 heterocycles. The van der Waals surface area contributed by atoms with E-state index in [-0.39, 0.29) is 5.91 Å². The van der Waals surface area contributed by atoms with E-state index in [0.717, 1.165) is 38.8 Å². The van der Waals surface area contributed by atoms with Gasteiger partial charge in [-0.15, -0.1) is 0 Å². The average Bonchev–Trinajstić information content (AvgIpc) is 2.97. The van der Waals surface area contributed by atoms with E-state index in [1.54, 1.807) is 0 Å². The maximum Gasteiger partial charge on any atom is 0.228 e. The van der Waals surface area contributed by atoms with E-state index in [9.17, 15) is 4.79 Å². The third-order valence-electron chi connectivity index (χ3n) is 4.04. The molecule has 0 saturated carbocycles. The molecule has 2 aromatic carbocycles. The summed E-state index contributed by atoms with van der Waals surface area (Å²) in [6.45, 7) is 0. The number of nitrogens with one attached hydrogen (secondary N) is 1. The number of nitrogens with zero attached hydrogens (tertiary/aromatic N) is 2. The van der Waals surface area contributed by atoms with Crippen molar-refractivity contribution in [3.63, 3.8) is 0 Å². The first-order valence-corrected chi connectivity index (χ1v) is 8.04. The smallest absolute Gasteiger partial charge is 0.228 e. The molecule has 0 bridgehead atoms. The number of rotatable bonds is 3. The molecule has 1 N–H and O–H groups in total. The quantitative estimate of drug-likeness (QED) is 0.790. The van der Waals surface area contributed by atoms with E-state index < -0.39 is 0 Å². The monoisotopic (exact) mass is 335 g/mol. The van der Waals surface area contributed by atoms with Crippen LogP contribution in [0.2, 0.25) is 5.02 Å². The summed E-state index contributed by atoms with van der Waals surface area (Å²) < 4.78 is 0. The normalized spacial score (nSPS) is 12.8. The van der Waals surface area contributed by atoms with Gasteiger partial charge in [-0.1, -0.05) is 29.8 Å². The molecular formula is C19H14ClN3O. The van der Waals surface area contributed by atoms with Gasteiger partial charge in [0.05, 0.1) is 6.42 Å². The van der Waals surface area contributed by atoms with Gasteiger partial charge in [-0.25, -0.2) is 9.97 Å². The average molecular weight is 336 g/mol. The van der Waals surface area contributed by atoms with E-state index in [1.165, 1.54) is 0 Å². The van der Waals surface area contributed by atoms with Gasteiger partial charge >= 0.3 is 0 Å².